The van der Waals surface area contributed by atoms with Gasteiger partial charge in [0.2, 0.25) is 11.8 Å². The molecule has 1 atom stereocenters. The van der Waals surface area contributed by atoms with Crippen LogP contribution >= 0.6 is 0 Å². The Morgan fingerprint density at radius 3 is 2.81 bits per heavy atom. The third-order valence-electron chi connectivity index (χ3n) is 4.76. The van der Waals surface area contributed by atoms with Crippen LogP contribution in [0.1, 0.15) is 12.8 Å². The third-order valence-corrected chi connectivity index (χ3v) is 4.76. The van der Waals surface area contributed by atoms with Gasteiger partial charge in [-0.25, -0.2) is 0 Å². The number of fused-ring (bicyclic) bond motifs is 1. The van der Waals surface area contributed by atoms with Gasteiger partial charge in [-0.05, 0) is 31.0 Å². The fourth-order valence-electron chi connectivity index (χ4n) is 3.36. The molecule has 0 saturated carbocycles. The van der Waals surface area contributed by atoms with Gasteiger partial charge in [0.25, 0.3) is 0 Å². The highest BCUT2D eigenvalue weighted by Gasteiger charge is 2.27. The fourth-order valence-corrected chi connectivity index (χ4v) is 3.36. The first-order chi connectivity index (χ1) is 13.2. The molecule has 8 heteroatoms. The van der Waals surface area contributed by atoms with Crippen LogP contribution in [0.4, 0.5) is 11.5 Å². The molecule has 1 amide bonds. The molecule has 1 aromatic heterocycles. The van der Waals surface area contributed by atoms with Crippen molar-refractivity contribution < 1.29 is 19.0 Å². The van der Waals surface area contributed by atoms with E-state index in [1.165, 1.54) is 0 Å². The monoisotopic (exact) mass is 370 g/mol. The summed E-state index contributed by atoms with van der Waals surface area (Å²) in [6, 6.07) is 9.11. The standard InChI is InChI=1S/C19H22N4O4/c1-25-18-7-6-17(21-22-18)23-8-2-3-13(12-23)19(24)20-14-4-5-15-16(11-14)27-10-9-26-15/h4-7,11,13H,2-3,8-10,12H2,1H3,(H,20,24)/t13-/m0/s1. The number of aromatic nitrogens is 2. The topological polar surface area (TPSA) is 85.8 Å². The second-order valence-electron chi connectivity index (χ2n) is 6.57. The molecule has 0 spiro atoms. The lowest BCUT2D eigenvalue weighted by atomic mass is 9.97. The maximum absolute atomic E-state index is 12.7. The second kappa shape index (κ2) is 7.69. The lowest BCUT2D eigenvalue weighted by Crippen LogP contribution is -2.41. The van der Waals surface area contributed by atoms with E-state index in [4.69, 9.17) is 14.2 Å². The molecule has 0 radical (unpaired) electrons. The van der Waals surface area contributed by atoms with E-state index in [0.717, 1.165) is 25.2 Å². The minimum absolute atomic E-state index is 0.00199. The normalized spacial score (nSPS) is 18.7. The largest absolute Gasteiger partial charge is 0.486 e. The summed E-state index contributed by atoms with van der Waals surface area (Å²) in [4.78, 5) is 14.8. The quantitative estimate of drug-likeness (QED) is 0.882. The Bertz CT molecular complexity index is 812. The number of rotatable bonds is 4. The summed E-state index contributed by atoms with van der Waals surface area (Å²) in [5.74, 6) is 2.49. The van der Waals surface area contributed by atoms with E-state index >= 15 is 0 Å². The van der Waals surface area contributed by atoms with E-state index in [-0.39, 0.29) is 11.8 Å². The summed E-state index contributed by atoms with van der Waals surface area (Å²) >= 11 is 0. The first-order valence-electron chi connectivity index (χ1n) is 9.06. The summed E-state index contributed by atoms with van der Waals surface area (Å²) in [5.41, 5.74) is 0.714. The highest BCUT2D eigenvalue weighted by atomic mass is 16.6. The van der Waals surface area contributed by atoms with Crippen molar-refractivity contribution in [2.24, 2.45) is 5.92 Å². The first-order valence-corrected chi connectivity index (χ1v) is 9.06. The van der Waals surface area contributed by atoms with Crippen molar-refractivity contribution in [3.05, 3.63) is 30.3 Å². The zero-order valence-corrected chi connectivity index (χ0v) is 15.2. The van der Waals surface area contributed by atoms with Crippen molar-refractivity contribution in [3.63, 3.8) is 0 Å². The fraction of sp³-hybridized carbons (Fsp3) is 0.421. The molecule has 1 saturated heterocycles. The van der Waals surface area contributed by atoms with Gasteiger partial charge in [0.05, 0.1) is 13.0 Å². The van der Waals surface area contributed by atoms with Crippen molar-refractivity contribution in [2.75, 3.05) is 43.6 Å². The molecule has 0 unspecified atom stereocenters. The number of ether oxygens (including phenoxy) is 3. The number of amides is 1. The first kappa shape index (κ1) is 17.4. The van der Waals surface area contributed by atoms with Gasteiger partial charge < -0.3 is 24.4 Å². The Hall–Kier alpha value is -3.03. The van der Waals surface area contributed by atoms with Gasteiger partial charge in [0, 0.05) is 30.9 Å². The zero-order chi connectivity index (χ0) is 18.6. The van der Waals surface area contributed by atoms with E-state index in [1.54, 1.807) is 13.2 Å². The predicted octanol–water partition coefficient (Wildman–Crippen LogP) is 2.11. The summed E-state index contributed by atoms with van der Waals surface area (Å²) in [6.07, 6.45) is 1.77. The van der Waals surface area contributed by atoms with Crippen molar-refractivity contribution in [1.82, 2.24) is 10.2 Å². The van der Waals surface area contributed by atoms with Crippen LogP contribution in [-0.4, -0.2) is 49.5 Å². The molecule has 4 rings (SSSR count). The lowest BCUT2D eigenvalue weighted by Gasteiger charge is -2.32. The number of carbonyl (C=O) groups is 1. The van der Waals surface area contributed by atoms with Crippen LogP contribution in [0.2, 0.25) is 0 Å². The summed E-state index contributed by atoms with van der Waals surface area (Å²) in [6.45, 7) is 2.53. The average molecular weight is 370 g/mol. The number of piperidine rings is 1. The Morgan fingerprint density at radius 1 is 1.19 bits per heavy atom. The predicted molar refractivity (Wildman–Crippen MR) is 99.6 cm³/mol. The Balaban J connectivity index is 1.41. The smallest absolute Gasteiger partial charge is 0.233 e. The SMILES string of the molecule is COc1ccc(N2CCC[C@H](C(=O)Nc3ccc4c(c3)OCCO4)C2)nn1. The van der Waals surface area contributed by atoms with Crippen LogP contribution in [0, 0.1) is 5.92 Å². The zero-order valence-electron chi connectivity index (χ0n) is 15.2. The van der Waals surface area contributed by atoms with Crippen LogP contribution in [0.5, 0.6) is 17.4 Å². The molecule has 8 nitrogen and oxygen atoms in total. The van der Waals surface area contributed by atoms with Crippen LogP contribution in [0.15, 0.2) is 30.3 Å². The molecule has 0 aliphatic carbocycles. The number of methoxy groups -OCH3 is 1. The van der Waals surface area contributed by atoms with E-state index < -0.39 is 0 Å². The van der Waals surface area contributed by atoms with E-state index in [1.807, 2.05) is 24.3 Å². The summed E-state index contributed by atoms with van der Waals surface area (Å²) < 4.78 is 16.1. The highest BCUT2D eigenvalue weighted by Crippen LogP contribution is 2.33. The van der Waals surface area contributed by atoms with Gasteiger partial charge in [0.1, 0.15) is 13.2 Å². The van der Waals surface area contributed by atoms with E-state index in [0.29, 0.717) is 42.8 Å². The number of nitrogens with zero attached hydrogens (tertiary/aromatic N) is 3. The molecular formula is C19H22N4O4. The van der Waals surface area contributed by atoms with Gasteiger partial charge in [-0.1, -0.05) is 0 Å². The number of hydrogen-bond acceptors (Lipinski definition) is 7. The van der Waals surface area contributed by atoms with E-state index in [2.05, 4.69) is 20.4 Å². The Labute approximate surface area is 157 Å². The molecule has 27 heavy (non-hydrogen) atoms. The molecule has 2 aliphatic rings. The van der Waals surface area contributed by atoms with Crippen molar-refractivity contribution in [3.8, 4) is 17.4 Å². The van der Waals surface area contributed by atoms with Crippen LogP contribution < -0.4 is 24.4 Å². The molecule has 0 bridgehead atoms. The molecule has 2 aliphatic heterocycles. The molecule has 1 fully saturated rings. The Morgan fingerprint density at radius 2 is 2.04 bits per heavy atom. The van der Waals surface area contributed by atoms with Crippen LogP contribution in [0.3, 0.4) is 0 Å². The molecule has 1 N–H and O–H groups in total. The number of nitrogens with one attached hydrogen (secondary N) is 1. The molecule has 1 aromatic carbocycles. The third kappa shape index (κ3) is 3.89. The molecular weight excluding hydrogens is 348 g/mol. The van der Waals surface area contributed by atoms with Gasteiger partial charge in [0.15, 0.2) is 17.3 Å². The summed E-state index contributed by atoms with van der Waals surface area (Å²) in [7, 11) is 1.56. The van der Waals surface area contributed by atoms with Crippen LogP contribution in [0.25, 0.3) is 0 Å². The lowest BCUT2D eigenvalue weighted by molar-refractivity contribution is -0.120. The van der Waals surface area contributed by atoms with Crippen molar-refractivity contribution in [2.45, 2.75) is 12.8 Å². The number of carbonyl (C=O) groups excluding carboxylic acids is 1. The van der Waals surface area contributed by atoms with Gasteiger partial charge >= 0.3 is 0 Å². The minimum Gasteiger partial charge on any atom is -0.486 e. The minimum atomic E-state index is -0.115. The highest BCUT2D eigenvalue weighted by molar-refractivity contribution is 5.93. The van der Waals surface area contributed by atoms with Crippen LogP contribution in [-0.2, 0) is 4.79 Å². The average Bonchev–Trinajstić information content (AvgIpc) is 2.74. The summed E-state index contributed by atoms with van der Waals surface area (Å²) in [5, 5.41) is 11.2. The van der Waals surface area contributed by atoms with Gasteiger partial charge in [-0.3, -0.25) is 4.79 Å². The molecule has 142 valence electrons. The Kier molecular flexibility index (Phi) is 4.95. The van der Waals surface area contributed by atoms with Crippen molar-refractivity contribution >= 4 is 17.4 Å². The van der Waals surface area contributed by atoms with Gasteiger partial charge in [-0.2, -0.15) is 0 Å². The number of benzene rings is 1. The van der Waals surface area contributed by atoms with E-state index in [9.17, 15) is 4.79 Å². The van der Waals surface area contributed by atoms with Crippen molar-refractivity contribution in [1.29, 1.82) is 0 Å². The molecule has 3 heterocycles. The molecule has 2 aromatic rings. The maximum Gasteiger partial charge on any atom is 0.233 e. The van der Waals surface area contributed by atoms with Gasteiger partial charge in [-0.15, -0.1) is 10.2 Å². The number of anilines is 2. The second-order valence-corrected chi connectivity index (χ2v) is 6.57. The number of hydrogen-bond donors (Lipinski definition) is 1. The maximum atomic E-state index is 12.7.